The van der Waals surface area contributed by atoms with Crippen molar-refractivity contribution in [2.45, 2.75) is 20.8 Å². The number of aromatic nitrogens is 4. The quantitative estimate of drug-likeness (QED) is 0.741. The molecule has 0 saturated heterocycles. The smallest absolute Gasteiger partial charge is 0.258 e. The highest BCUT2D eigenvalue weighted by atomic mass is 16.2. The minimum absolute atomic E-state index is 0.0441. The van der Waals surface area contributed by atoms with Gasteiger partial charge in [0, 0.05) is 17.8 Å². The zero-order valence-electron chi connectivity index (χ0n) is 14.0. The van der Waals surface area contributed by atoms with E-state index in [1.54, 1.807) is 11.0 Å². The lowest BCUT2D eigenvalue weighted by Gasteiger charge is -2.22. The van der Waals surface area contributed by atoms with Crippen LogP contribution in [0.3, 0.4) is 0 Å². The molecule has 0 aliphatic heterocycles. The van der Waals surface area contributed by atoms with Crippen LogP contribution < -0.4 is 4.90 Å². The summed E-state index contributed by atoms with van der Waals surface area (Å²) >= 11 is 0. The van der Waals surface area contributed by atoms with Crippen LogP contribution in [0.2, 0.25) is 0 Å². The lowest BCUT2D eigenvalue weighted by Crippen LogP contribution is -2.30. The summed E-state index contributed by atoms with van der Waals surface area (Å²) in [5, 5.41) is 11.1. The topological polar surface area (TPSA) is 63.9 Å². The van der Waals surface area contributed by atoms with Crippen molar-refractivity contribution in [3.05, 3.63) is 65.5 Å². The minimum atomic E-state index is -0.0441. The van der Waals surface area contributed by atoms with Crippen LogP contribution in [0.5, 0.6) is 0 Å². The number of hydrogen-bond donors (Lipinski definition) is 0. The first-order chi connectivity index (χ1) is 11.6. The van der Waals surface area contributed by atoms with Crippen LogP contribution in [0.15, 0.2) is 48.8 Å². The van der Waals surface area contributed by atoms with E-state index in [0.717, 1.165) is 22.5 Å². The monoisotopic (exact) mass is 321 g/mol. The summed E-state index contributed by atoms with van der Waals surface area (Å²) in [5.41, 5.74) is 4.54. The number of rotatable bonds is 4. The van der Waals surface area contributed by atoms with E-state index in [0.29, 0.717) is 12.1 Å². The molecule has 0 aliphatic carbocycles. The van der Waals surface area contributed by atoms with Crippen molar-refractivity contribution in [2.24, 2.45) is 0 Å². The molecule has 0 radical (unpaired) electrons. The number of anilines is 1. The predicted octanol–water partition coefficient (Wildman–Crippen LogP) is 2.95. The molecule has 0 unspecified atom stereocenters. The molecule has 24 heavy (non-hydrogen) atoms. The Labute approximate surface area is 140 Å². The van der Waals surface area contributed by atoms with Gasteiger partial charge < -0.3 is 4.90 Å². The van der Waals surface area contributed by atoms with Crippen LogP contribution in [0.25, 0.3) is 5.69 Å². The van der Waals surface area contributed by atoms with E-state index in [4.69, 9.17) is 0 Å². The van der Waals surface area contributed by atoms with Gasteiger partial charge in [0.2, 0.25) is 0 Å². The number of amides is 1. The van der Waals surface area contributed by atoms with Crippen LogP contribution in [0.4, 0.5) is 5.69 Å². The first kappa shape index (κ1) is 15.9. The molecular formula is C18H19N5O. The number of benzene rings is 2. The van der Waals surface area contributed by atoms with Crippen molar-refractivity contribution in [1.29, 1.82) is 0 Å². The second-order valence-electron chi connectivity index (χ2n) is 5.70. The molecule has 0 spiro atoms. The number of nitrogens with zero attached hydrogens (tertiary/aromatic N) is 5. The van der Waals surface area contributed by atoms with Gasteiger partial charge in [0.05, 0.1) is 5.69 Å². The molecule has 0 bridgehead atoms. The fourth-order valence-corrected chi connectivity index (χ4v) is 2.77. The number of hydrogen-bond acceptors (Lipinski definition) is 4. The van der Waals surface area contributed by atoms with Crippen molar-refractivity contribution in [2.75, 3.05) is 11.4 Å². The Bertz CT molecular complexity index is 837. The third-order valence-electron chi connectivity index (χ3n) is 3.79. The van der Waals surface area contributed by atoms with Gasteiger partial charge in [0.25, 0.3) is 5.91 Å². The summed E-state index contributed by atoms with van der Waals surface area (Å²) in [6.45, 7) is 6.64. The number of tetrazole rings is 1. The van der Waals surface area contributed by atoms with E-state index < -0.39 is 0 Å². The van der Waals surface area contributed by atoms with Crippen LogP contribution in [-0.4, -0.2) is 32.7 Å². The van der Waals surface area contributed by atoms with Crippen LogP contribution >= 0.6 is 0 Å². The molecule has 0 N–H and O–H groups in total. The summed E-state index contributed by atoms with van der Waals surface area (Å²) in [6, 6.07) is 13.4. The highest BCUT2D eigenvalue weighted by Crippen LogP contribution is 2.21. The Hall–Kier alpha value is -3.02. The lowest BCUT2D eigenvalue weighted by atomic mass is 10.1. The van der Waals surface area contributed by atoms with Gasteiger partial charge in [-0.1, -0.05) is 12.1 Å². The molecule has 0 aliphatic rings. The Kier molecular flexibility index (Phi) is 4.37. The third-order valence-corrected chi connectivity index (χ3v) is 3.79. The Morgan fingerprint density at radius 1 is 1.12 bits per heavy atom. The second kappa shape index (κ2) is 6.62. The molecule has 3 rings (SSSR count). The summed E-state index contributed by atoms with van der Waals surface area (Å²) in [4.78, 5) is 14.8. The zero-order chi connectivity index (χ0) is 17.1. The maximum Gasteiger partial charge on any atom is 0.258 e. The first-order valence-corrected chi connectivity index (χ1v) is 7.82. The van der Waals surface area contributed by atoms with E-state index in [9.17, 15) is 4.79 Å². The van der Waals surface area contributed by atoms with Crippen LogP contribution in [-0.2, 0) is 0 Å². The lowest BCUT2D eigenvalue weighted by molar-refractivity contribution is 0.0988. The normalized spacial score (nSPS) is 10.6. The molecule has 122 valence electrons. The van der Waals surface area contributed by atoms with Gasteiger partial charge in [-0.05, 0) is 72.7 Å². The maximum atomic E-state index is 13.0. The minimum Gasteiger partial charge on any atom is -0.309 e. The van der Waals surface area contributed by atoms with Gasteiger partial charge in [0.15, 0.2) is 0 Å². The van der Waals surface area contributed by atoms with Crippen molar-refractivity contribution < 1.29 is 4.79 Å². The molecule has 6 heteroatoms. The second-order valence-corrected chi connectivity index (χ2v) is 5.70. The van der Waals surface area contributed by atoms with Gasteiger partial charge in [0.1, 0.15) is 6.33 Å². The summed E-state index contributed by atoms with van der Waals surface area (Å²) in [7, 11) is 0. The number of carbonyl (C=O) groups is 1. The van der Waals surface area contributed by atoms with Gasteiger partial charge >= 0.3 is 0 Å². The largest absolute Gasteiger partial charge is 0.309 e. The molecule has 1 amide bonds. The molecule has 1 heterocycles. The molecule has 1 aromatic heterocycles. The van der Waals surface area contributed by atoms with E-state index in [-0.39, 0.29) is 5.91 Å². The summed E-state index contributed by atoms with van der Waals surface area (Å²) in [5.74, 6) is -0.0441. The molecule has 0 saturated carbocycles. The van der Waals surface area contributed by atoms with Crippen LogP contribution in [0, 0.1) is 13.8 Å². The number of carbonyl (C=O) groups excluding carboxylic acids is 1. The van der Waals surface area contributed by atoms with Gasteiger partial charge in [-0.25, -0.2) is 4.68 Å². The highest BCUT2D eigenvalue weighted by molar-refractivity contribution is 6.06. The zero-order valence-corrected chi connectivity index (χ0v) is 14.0. The van der Waals surface area contributed by atoms with Gasteiger partial charge in [-0.3, -0.25) is 4.79 Å². The standard InChI is InChI=1S/C18H19N5O/c1-4-22(17-9-13(2)8-14(3)10-17)18(24)15-6-5-7-16(11-15)23-12-19-20-21-23/h5-12H,4H2,1-3H3. The Morgan fingerprint density at radius 2 is 1.88 bits per heavy atom. The van der Waals surface area contributed by atoms with Crippen molar-refractivity contribution in [1.82, 2.24) is 20.2 Å². The average molecular weight is 321 g/mol. The first-order valence-electron chi connectivity index (χ1n) is 7.82. The number of aryl methyl sites for hydroxylation is 2. The average Bonchev–Trinajstić information content (AvgIpc) is 3.09. The molecule has 6 nitrogen and oxygen atoms in total. The van der Waals surface area contributed by atoms with E-state index in [1.807, 2.05) is 51.1 Å². The summed E-state index contributed by atoms with van der Waals surface area (Å²) in [6.07, 6.45) is 1.51. The molecule has 2 aromatic carbocycles. The van der Waals surface area contributed by atoms with Gasteiger partial charge in [-0.15, -0.1) is 5.10 Å². The summed E-state index contributed by atoms with van der Waals surface area (Å²) < 4.78 is 1.53. The van der Waals surface area contributed by atoms with E-state index in [2.05, 4.69) is 21.6 Å². The Balaban J connectivity index is 1.96. The van der Waals surface area contributed by atoms with Crippen molar-refractivity contribution in [3.8, 4) is 5.69 Å². The SMILES string of the molecule is CCN(C(=O)c1cccc(-n2cnnn2)c1)c1cc(C)cc(C)c1. The molecular weight excluding hydrogens is 302 g/mol. The van der Waals surface area contributed by atoms with Crippen molar-refractivity contribution in [3.63, 3.8) is 0 Å². The fraction of sp³-hybridized carbons (Fsp3) is 0.222. The van der Waals surface area contributed by atoms with E-state index in [1.165, 1.54) is 11.0 Å². The van der Waals surface area contributed by atoms with Crippen LogP contribution in [0.1, 0.15) is 28.4 Å². The highest BCUT2D eigenvalue weighted by Gasteiger charge is 2.17. The van der Waals surface area contributed by atoms with Crippen molar-refractivity contribution >= 4 is 11.6 Å². The maximum absolute atomic E-state index is 13.0. The molecule has 0 atom stereocenters. The molecule has 0 fully saturated rings. The molecule has 3 aromatic rings. The fourth-order valence-electron chi connectivity index (χ4n) is 2.77. The predicted molar refractivity (Wildman–Crippen MR) is 92.4 cm³/mol. The van der Waals surface area contributed by atoms with Gasteiger partial charge in [-0.2, -0.15) is 0 Å². The Morgan fingerprint density at radius 3 is 2.50 bits per heavy atom. The third kappa shape index (κ3) is 3.17. The van der Waals surface area contributed by atoms with E-state index >= 15 is 0 Å².